The number of nitrogens with one attached hydrogen (secondary N) is 2. The Bertz CT molecular complexity index is 425. The summed E-state index contributed by atoms with van der Waals surface area (Å²) in [6.07, 6.45) is 2.42. The normalized spacial score (nSPS) is 19.2. The van der Waals surface area contributed by atoms with Crippen LogP contribution in [0.5, 0.6) is 0 Å². The van der Waals surface area contributed by atoms with E-state index in [0.29, 0.717) is 17.1 Å². The van der Waals surface area contributed by atoms with Gasteiger partial charge in [-0.3, -0.25) is 0 Å². The molecular weight excluding hydrogens is 240 g/mol. The van der Waals surface area contributed by atoms with Crippen molar-refractivity contribution >= 4 is 11.6 Å². The minimum Gasteiger partial charge on any atom is -0.369 e. The molecule has 1 aromatic rings. The maximum Gasteiger partial charge on any atom is 0.145 e. The Kier molecular flexibility index (Phi) is 4.21. The summed E-state index contributed by atoms with van der Waals surface area (Å²) < 4.78 is 0. The molecule has 6 heteroatoms. The van der Waals surface area contributed by atoms with Crippen molar-refractivity contribution in [2.75, 3.05) is 37.4 Å². The molecule has 4 N–H and O–H groups in total. The lowest BCUT2D eigenvalue weighted by atomic mass is 9.80. The van der Waals surface area contributed by atoms with E-state index in [-0.39, 0.29) is 0 Å². The molecule has 0 spiro atoms. The van der Waals surface area contributed by atoms with Gasteiger partial charge < -0.3 is 15.6 Å². The summed E-state index contributed by atoms with van der Waals surface area (Å²) in [4.78, 5) is 10.9. The molecule has 1 aromatic heterocycles. The predicted molar refractivity (Wildman–Crippen MR) is 77.9 cm³/mol. The van der Waals surface area contributed by atoms with Gasteiger partial charge in [-0.25, -0.2) is 15.8 Å². The second kappa shape index (κ2) is 5.71. The maximum atomic E-state index is 5.39. The van der Waals surface area contributed by atoms with Gasteiger partial charge in [0.1, 0.15) is 17.5 Å². The summed E-state index contributed by atoms with van der Waals surface area (Å²) in [6.45, 7) is 7.46. The van der Waals surface area contributed by atoms with Gasteiger partial charge in [-0.1, -0.05) is 6.92 Å². The fourth-order valence-corrected chi connectivity index (χ4v) is 2.37. The zero-order valence-corrected chi connectivity index (χ0v) is 12.0. The van der Waals surface area contributed by atoms with Gasteiger partial charge in [0.05, 0.1) is 0 Å². The van der Waals surface area contributed by atoms with E-state index in [2.05, 4.69) is 39.6 Å². The van der Waals surface area contributed by atoms with Crippen molar-refractivity contribution in [3.05, 3.63) is 11.9 Å². The van der Waals surface area contributed by atoms with Crippen molar-refractivity contribution in [2.45, 2.75) is 26.7 Å². The molecule has 19 heavy (non-hydrogen) atoms. The van der Waals surface area contributed by atoms with Crippen LogP contribution in [0.2, 0.25) is 0 Å². The number of nitrogens with zero attached hydrogens (tertiary/aromatic N) is 3. The lowest BCUT2D eigenvalue weighted by Gasteiger charge is -2.38. The summed E-state index contributed by atoms with van der Waals surface area (Å²) in [5.74, 6) is 7.58. The highest BCUT2D eigenvalue weighted by Gasteiger charge is 2.28. The molecule has 0 saturated carbocycles. The number of piperidine rings is 1. The van der Waals surface area contributed by atoms with Crippen LogP contribution in [0, 0.1) is 12.3 Å². The van der Waals surface area contributed by atoms with E-state index in [9.17, 15) is 0 Å². The SMILES string of the molecule is Cc1nc(NN)cc(NCC2(C)CCN(C)CC2)n1. The Morgan fingerprint density at radius 1 is 1.32 bits per heavy atom. The molecule has 0 bridgehead atoms. The fraction of sp³-hybridized carbons (Fsp3) is 0.692. The molecule has 0 aromatic carbocycles. The number of hydrogen-bond donors (Lipinski definition) is 3. The predicted octanol–water partition coefficient (Wildman–Crippen LogP) is 1.21. The van der Waals surface area contributed by atoms with Crippen molar-refractivity contribution < 1.29 is 0 Å². The lowest BCUT2D eigenvalue weighted by Crippen LogP contribution is -2.40. The Labute approximate surface area is 114 Å². The highest BCUT2D eigenvalue weighted by molar-refractivity contribution is 5.46. The van der Waals surface area contributed by atoms with E-state index in [0.717, 1.165) is 25.5 Å². The second-order valence-electron chi connectivity index (χ2n) is 5.80. The standard InChI is InChI=1S/C13H24N6/c1-10-16-11(8-12(17-10)18-14)15-9-13(2)4-6-19(3)7-5-13/h8H,4-7,9,14H2,1-3H3,(H2,15,16,17,18). The van der Waals surface area contributed by atoms with E-state index in [1.807, 2.05) is 13.0 Å². The van der Waals surface area contributed by atoms with Crippen molar-refractivity contribution in [1.29, 1.82) is 0 Å². The Morgan fingerprint density at radius 3 is 2.58 bits per heavy atom. The highest BCUT2D eigenvalue weighted by Crippen LogP contribution is 2.30. The topological polar surface area (TPSA) is 79.1 Å². The summed E-state index contributed by atoms with van der Waals surface area (Å²) >= 11 is 0. The van der Waals surface area contributed by atoms with Gasteiger partial charge in [0.15, 0.2) is 0 Å². The molecule has 2 heterocycles. The molecule has 1 aliphatic heterocycles. The molecule has 1 saturated heterocycles. The minimum absolute atomic E-state index is 0.335. The lowest BCUT2D eigenvalue weighted by molar-refractivity contribution is 0.150. The first-order valence-electron chi connectivity index (χ1n) is 6.75. The van der Waals surface area contributed by atoms with E-state index >= 15 is 0 Å². The van der Waals surface area contributed by atoms with Crippen molar-refractivity contribution in [3.8, 4) is 0 Å². The molecule has 6 nitrogen and oxygen atoms in total. The third kappa shape index (κ3) is 3.78. The fourth-order valence-electron chi connectivity index (χ4n) is 2.37. The van der Waals surface area contributed by atoms with Crippen LogP contribution < -0.4 is 16.6 Å². The summed E-state index contributed by atoms with van der Waals surface area (Å²) in [7, 11) is 2.18. The molecule has 1 fully saturated rings. The average Bonchev–Trinajstić information content (AvgIpc) is 2.40. The third-order valence-electron chi connectivity index (χ3n) is 3.88. The van der Waals surface area contributed by atoms with Crippen molar-refractivity contribution in [3.63, 3.8) is 0 Å². The van der Waals surface area contributed by atoms with E-state index < -0.39 is 0 Å². The van der Waals surface area contributed by atoms with E-state index in [1.165, 1.54) is 12.8 Å². The Balaban J connectivity index is 1.96. The van der Waals surface area contributed by atoms with Crippen LogP contribution in [0.4, 0.5) is 11.6 Å². The maximum absolute atomic E-state index is 5.39. The van der Waals surface area contributed by atoms with Crippen LogP contribution in [0.15, 0.2) is 6.07 Å². The molecule has 1 aliphatic rings. The van der Waals surface area contributed by atoms with Gasteiger partial charge in [0, 0.05) is 12.6 Å². The van der Waals surface area contributed by atoms with Gasteiger partial charge >= 0.3 is 0 Å². The molecule has 0 amide bonds. The third-order valence-corrected chi connectivity index (χ3v) is 3.88. The van der Waals surface area contributed by atoms with Gasteiger partial charge in [-0.2, -0.15) is 0 Å². The number of rotatable bonds is 4. The van der Waals surface area contributed by atoms with Crippen LogP contribution in [0.1, 0.15) is 25.6 Å². The highest BCUT2D eigenvalue weighted by atomic mass is 15.3. The number of aryl methyl sites for hydroxylation is 1. The van der Waals surface area contributed by atoms with Gasteiger partial charge in [-0.15, -0.1) is 0 Å². The second-order valence-corrected chi connectivity index (χ2v) is 5.80. The molecular formula is C13H24N6. The molecule has 0 radical (unpaired) electrons. The van der Waals surface area contributed by atoms with Gasteiger partial charge in [-0.05, 0) is 45.3 Å². The zero-order chi connectivity index (χ0) is 13.9. The van der Waals surface area contributed by atoms with Crippen LogP contribution in [0.25, 0.3) is 0 Å². The van der Waals surface area contributed by atoms with Crippen LogP contribution in [-0.4, -0.2) is 41.5 Å². The summed E-state index contributed by atoms with van der Waals surface area (Å²) in [5, 5.41) is 3.42. The average molecular weight is 264 g/mol. The number of aromatic nitrogens is 2. The number of hydrogen-bond acceptors (Lipinski definition) is 6. The first-order valence-corrected chi connectivity index (χ1v) is 6.75. The zero-order valence-electron chi connectivity index (χ0n) is 12.0. The number of nitrogens with two attached hydrogens (primary N) is 1. The molecule has 0 atom stereocenters. The minimum atomic E-state index is 0.335. The van der Waals surface area contributed by atoms with Crippen molar-refractivity contribution in [1.82, 2.24) is 14.9 Å². The van der Waals surface area contributed by atoms with Crippen LogP contribution >= 0.6 is 0 Å². The van der Waals surface area contributed by atoms with Gasteiger partial charge in [0.2, 0.25) is 0 Å². The van der Waals surface area contributed by atoms with Crippen LogP contribution in [0.3, 0.4) is 0 Å². The number of likely N-dealkylation sites (tertiary alicyclic amines) is 1. The summed E-state index contributed by atoms with van der Waals surface area (Å²) in [6, 6.07) is 1.84. The first kappa shape index (κ1) is 14.0. The van der Waals surface area contributed by atoms with E-state index in [1.54, 1.807) is 0 Å². The Hall–Kier alpha value is -1.40. The smallest absolute Gasteiger partial charge is 0.145 e. The molecule has 0 unspecified atom stereocenters. The quantitative estimate of drug-likeness (QED) is 0.560. The molecule has 2 rings (SSSR count). The number of nitrogen functional groups attached to an aromatic ring is 1. The van der Waals surface area contributed by atoms with Crippen LogP contribution in [-0.2, 0) is 0 Å². The largest absolute Gasteiger partial charge is 0.369 e. The van der Waals surface area contributed by atoms with E-state index in [4.69, 9.17) is 5.84 Å². The Morgan fingerprint density at radius 2 is 1.95 bits per heavy atom. The number of hydrazine groups is 1. The summed E-state index contributed by atoms with van der Waals surface area (Å²) in [5.41, 5.74) is 2.90. The first-order chi connectivity index (χ1) is 9.00. The molecule has 106 valence electrons. The monoisotopic (exact) mass is 264 g/mol. The van der Waals surface area contributed by atoms with Gasteiger partial charge in [0.25, 0.3) is 0 Å². The van der Waals surface area contributed by atoms with Crippen molar-refractivity contribution in [2.24, 2.45) is 11.3 Å². The number of anilines is 2. The molecule has 0 aliphatic carbocycles.